The van der Waals surface area contributed by atoms with E-state index >= 15 is 0 Å². The van der Waals surface area contributed by atoms with Crippen molar-refractivity contribution in [1.29, 1.82) is 0 Å². The monoisotopic (exact) mass is 265 g/mol. The Morgan fingerprint density at radius 3 is 2.84 bits per heavy atom. The summed E-state index contributed by atoms with van der Waals surface area (Å²) in [6.45, 7) is 6.96. The van der Waals surface area contributed by atoms with Crippen LogP contribution in [0.25, 0.3) is 0 Å². The van der Waals surface area contributed by atoms with Crippen LogP contribution in [0.5, 0.6) is 5.75 Å². The van der Waals surface area contributed by atoms with Gasteiger partial charge in [0.2, 0.25) is 0 Å². The zero-order valence-corrected chi connectivity index (χ0v) is 11.8. The van der Waals surface area contributed by atoms with Crippen molar-refractivity contribution in [1.82, 2.24) is 10.4 Å². The third-order valence-corrected chi connectivity index (χ3v) is 3.42. The average Bonchev–Trinajstić information content (AvgIpc) is 2.77. The number of hydrogen-bond donors (Lipinski definition) is 2. The SMILES string of the molecule is CC(C)Oc1cncc(C(NN)C2OCCC2C)c1. The van der Waals surface area contributed by atoms with Gasteiger partial charge in [0.25, 0.3) is 0 Å². The number of hydrogen-bond acceptors (Lipinski definition) is 5. The quantitative estimate of drug-likeness (QED) is 0.627. The van der Waals surface area contributed by atoms with Crippen molar-refractivity contribution in [3.05, 3.63) is 24.0 Å². The minimum atomic E-state index is -0.0549. The van der Waals surface area contributed by atoms with E-state index in [0.717, 1.165) is 24.3 Å². The molecule has 0 radical (unpaired) electrons. The first-order chi connectivity index (χ1) is 9.11. The summed E-state index contributed by atoms with van der Waals surface area (Å²) >= 11 is 0. The molecule has 1 aliphatic heterocycles. The molecule has 5 heteroatoms. The molecule has 1 aromatic heterocycles. The number of hydrazine groups is 1. The van der Waals surface area contributed by atoms with Gasteiger partial charge in [-0.3, -0.25) is 16.3 Å². The van der Waals surface area contributed by atoms with Crippen molar-refractivity contribution < 1.29 is 9.47 Å². The fourth-order valence-electron chi connectivity index (χ4n) is 2.47. The number of nitrogens with one attached hydrogen (secondary N) is 1. The van der Waals surface area contributed by atoms with Gasteiger partial charge >= 0.3 is 0 Å². The molecule has 0 spiro atoms. The highest BCUT2D eigenvalue weighted by atomic mass is 16.5. The highest BCUT2D eigenvalue weighted by Crippen LogP contribution is 2.31. The molecule has 1 aliphatic rings. The smallest absolute Gasteiger partial charge is 0.138 e. The summed E-state index contributed by atoms with van der Waals surface area (Å²) in [5.41, 5.74) is 3.85. The summed E-state index contributed by atoms with van der Waals surface area (Å²) in [6, 6.07) is 1.92. The highest BCUT2D eigenvalue weighted by molar-refractivity contribution is 5.27. The van der Waals surface area contributed by atoms with Gasteiger partial charge in [-0.1, -0.05) is 6.92 Å². The van der Waals surface area contributed by atoms with E-state index in [-0.39, 0.29) is 18.2 Å². The molecule has 3 unspecified atom stereocenters. The second kappa shape index (κ2) is 6.32. The van der Waals surface area contributed by atoms with Gasteiger partial charge in [-0.25, -0.2) is 0 Å². The van der Waals surface area contributed by atoms with Gasteiger partial charge in [-0.05, 0) is 37.8 Å². The van der Waals surface area contributed by atoms with E-state index in [2.05, 4.69) is 17.3 Å². The summed E-state index contributed by atoms with van der Waals surface area (Å²) in [4.78, 5) is 4.23. The van der Waals surface area contributed by atoms with Crippen molar-refractivity contribution >= 4 is 0 Å². The summed E-state index contributed by atoms with van der Waals surface area (Å²) < 4.78 is 11.4. The molecule has 106 valence electrons. The van der Waals surface area contributed by atoms with E-state index in [1.807, 2.05) is 26.1 Å². The van der Waals surface area contributed by atoms with Gasteiger partial charge in [0.05, 0.1) is 24.4 Å². The van der Waals surface area contributed by atoms with E-state index in [0.29, 0.717) is 5.92 Å². The first-order valence-electron chi connectivity index (χ1n) is 6.81. The van der Waals surface area contributed by atoms with Gasteiger partial charge in [0.1, 0.15) is 5.75 Å². The van der Waals surface area contributed by atoms with Crippen molar-refractivity contribution in [3.63, 3.8) is 0 Å². The van der Waals surface area contributed by atoms with Crippen molar-refractivity contribution in [2.45, 2.75) is 45.4 Å². The maximum Gasteiger partial charge on any atom is 0.138 e. The third-order valence-electron chi connectivity index (χ3n) is 3.42. The lowest BCUT2D eigenvalue weighted by Gasteiger charge is -2.26. The van der Waals surface area contributed by atoms with Crippen LogP contribution in [0.15, 0.2) is 18.5 Å². The first-order valence-corrected chi connectivity index (χ1v) is 6.81. The van der Waals surface area contributed by atoms with Crippen LogP contribution in [-0.2, 0) is 4.74 Å². The first kappa shape index (κ1) is 14.2. The van der Waals surface area contributed by atoms with Gasteiger partial charge in [0, 0.05) is 12.8 Å². The molecule has 5 nitrogen and oxygen atoms in total. The van der Waals surface area contributed by atoms with E-state index < -0.39 is 0 Å². The number of nitrogens with two attached hydrogens (primary N) is 1. The Bertz CT molecular complexity index is 411. The Morgan fingerprint density at radius 1 is 1.47 bits per heavy atom. The average molecular weight is 265 g/mol. The Kier molecular flexibility index (Phi) is 4.74. The maximum atomic E-state index is 5.78. The lowest BCUT2D eigenvalue weighted by Crippen LogP contribution is -2.38. The Labute approximate surface area is 114 Å². The fraction of sp³-hybridized carbons (Fsp3) is 0.643. The molecule has 0 bridgehead atoms. The molecule has 2 rings (SSSR count). The number of nitrogens with zero attached hydrogens (tertiary/aromatic N) is 1. The summed E-state index contributed by atoms with van der Waals surface area (Å²) in [6.07, 6.45) is 4.81. The van der Waals surface area contributed by atoms with Crippen LogP contribution < -0.4 is 16.0 Å². The molecule has 1 saturated heterocycles. The Balaban J connectivity index is 2.18. The summed E-state index contributed by atoms with van der Waals surface area (Å²) in [5.74, 6) is 6.94. The normalized spacial score (nSPS) is 24.7. The Hall–Kier alpha value is -1.17. The van der Waals surface area contributed by atoms with Crippen LogP contribution in [0.1, 0.15) is 38.8 Å². The topological polar surface area (TPSA) is 69.4 Å². The van der Waals surface area contributed by atoms with Crippen LogP contribution in [0.3, 0.4) is 0 Å². The molecule has 0 saturated carbocycles. The van der Waals surface area contributed by atoms with Crippen molar-refractivity contribution in [2.75, 3.05) is 6.61 Å². The van der Waals surface area contributed by atoms with Gasteiger partial charge in [-0.2, -0.15) is 0 Å². The number of ether oxygens (including phenoxy) is 2. The molecule has 0 aromatic carbocycles. The van der Waals surface area contributed by atoms with Crippen LogP contribution in [0.2, 0.25) is 0 Å². The molecule has 0 amide bonds. The summed E-state index contributed by atoms with van der Waals surface area (Å²) in [7, 11) is 0. The molecule has 2 heterocycles. The standard InChI is InChI=1S/C14H23N3O2/c1-9(2)19-12-6-11(7-16-8-12)13(17-15)14-10(3)4-5-18-14/h6-10,13-14,17H,4-5,15H2,1-3H3. The molecular formula is C14H23N3O2. The van der Waals surface area contributed by atoms with E-state index in [1.165, 1.54) is 0 Å². The summed E-state index contributed by atoms with van der Waals surface area (Å²) in [5, 5.41) is 0. The van der Waals surface area contributed by atoms with Crippen molar-refractivity contribution in [2.24, 2.45) is 11.8 Å². The zero-order valence-electron chi connectivity index (χ0n) is 11.8. The number of pyridine rings is 1. The van der Waals surface area contributed by atoms with Gasteiger partial charge in [0.15, 0.2) is 0 Å². The van der Waals surface area contributed by atoms with E-state index in [1.54, 1.807) is 6.20 Å². The minimum absolute atomic E-state index is 0.0549. The van der Waals surface area contributed by atoms with Crippen molar-refractivity contribution in [3.8, 4) is 5.75 Å². The number of aromatic nitrogens is 1. The van der Waals surface area contributed by atoms with E-state index in [4.69, 9.17) is 15.3 Å². The van der Waals surface area contributed by atoms with Crippen LogP contribution in [-0.4, -0.2) is 23.8 Å². The fourth-order valence-corrected chi connectivity index (χ4v) is 2.47. The lowest BCUT2D eigenvalue weighted by molar-refractivity contribution is 0.0605. The number of rotatable bonds is 5. The van der Waals surface area contributed by atoms with Gasteiger partial charge in [-0.15, -0.1) is 0 Å². The predicted molar refractivity (Wildman–Crippen MR) is 73.6 cm³/mol. The maximum absolute atomic E-state index is 5.78. The van der Waals surface area contributed by atoms with Crippen LogP contribution in [0.4, 0.5) is 0 Å². The third kappa shape index (κ3) is 3.43. The van der Waals surface area contributed by atoms with Crippen LogP contribution in [0, 0.1) is 5.92 Å². The largest absolute Gasteiger partial charge is 0.489 e. The molecule has 0 aliphatic carbocycles. The molecule has 19 heavy (non-hydrogen) atoms. The molecular weight excluding hydrogens is 242 g/mol. The second-order valence-corrected chi connectivity index (χ2v) is 5.37. The Morgan fingerprint density at radius 2 is 2.26 bits per heavy atom. The van der Waals surface area contributed by atoms with Gasteiger partial charge < -0.3 is 9.47 Å². The molecule has 1 aromatic rings. The highest BCUT2D eigenvalue weighted by Gasteiger charge is 2.32. The van der Waals surface area contributed by atoms with Crippen LogP contribution >= 0.6 is 0 Å². The minimum Gasteiger partial charge on any atom is -0.489 e. The molecule has 1 fully saturated rings. The van der Waals surface area contributed by atoms with E-state index in [9.17, 15) is 0 Å². The molecule has 3 atom stereocenters. The lowest BCUT2D eigenvalue weighted by atomic mass is 9.94. The molecule has 3 N–H and O–H groups in total. The second-order valence-electron chi connectivity index (χ2n) is 5.37. The zero-order chi connectivity index (χ0) is 13.8. The predicted octanol–water partition coefficient (Wildman–Crippen LogP) is 1.80.